The summed E-state index contributed by atoms with van der Waals surface area (Å²) in [7, 11) is 3.22. The fourth-order valence-corrected chi connectivity index (χ4v) is 4.97. The van der Waals surface area contributed by atoms with Crippen molar-refractivity contribution in [2.75, 3.05) is 32.3 Å². The van der Waals surface area contributed by atoms with Gasteiger partial charge < -0.3 is 23.7 Å². The molecule has 37 heavy (non-hydrogen) atoms. The van der Waals surface area contributed by atoms with Gasteiger partial charge in [0.1, 0.15) is 29.7 Å². The molecule has 0 aliphatic carbocycles. The number of carbonyl (C=O) groups excluding carboxylic acids is 1. The topological polar surface area (TPSA) is 65.8 Å². The molecule has 1 aliphatic heterocycles. The highest BCUT2D eigenvalue weighted by atomic mass is 16.5. The Bertz CT molecular complexity index is 1390. The predicted octanol–water partition coefficient (Wildman–Crippen LogP) is 5.78. The molecule has 192 valence electrons. The van der Waals surface area contributed by atoms with Gasteiger partial charge in [0.25, 0.3) is 0 Å². The lowest BCUT2D eigenvalue weighted by atomic mass is 10.0. The Hall–Kier alpha value is -4.00. The highest BCUT2D eigenvalue weighted by molar-refractivity contribution is 5.98. The van der Waals surface area contributed by atoms with Crippen LogP contribution in [0.15, 0.2) is 66.7 Å². The van der Waals surface area contributed by atoms with E-state index in [0.29, 0.717) is 49.2 Å². The molecule has 7 nitrogen and oxygen atoms in total. The van der Waals surface area contributed by atoms with Crippen molar-refractivity contribution in [2.24, 2.45) is 0 Å². The van der Waals surface area contributed by atoms with Gasteiger partial charge in [-0.25, -0.2) is 4.98 Å². The van der Waals surface area contributed by atoms with E-state index in [2.05, 4.69) is 36.6 Å². The maximum absolute atomic E-state index is 13.2. The number of hydrogen-bond acceptors (Lipinski definition) is 5. The van der Waals surface area contributed by atoms with E-state index in [-0.39, 0.29) is 11.8 Å². The van der Waals surface area contributed by atoms with Crippen molar-refractivity contribution in [2.45, 2.75) is 38.6 Å². The van der Waals surface area contributed by atoms with Gasteiger partial charge in [0.2, 0.25) is 5.91 Å². The summed E-state index contributed by atoms with van der Waals surface area (Å²) in [6.07, 6.45) is 0.376. The van der Waals surface area contributed by atoms with E-state index >= 15 is 0 Å². The van der Waals surface area contributed by atoms with E-state index < -0.39 is 0 Å². The maximum Gasteiger partial charge on any atom is 0.227 e. The average molecular weight is 500 g/mol. The molecule has 5 rings (SSSR count). The SMILES string of the molecule is COc1ccc(OC)c(N2CC(c3nc4ccccc4n3CCOc3ccc(C(C)C)cc3)CC2=O)c1. The third-order valence-electron chi connectivity index (χ3n) is 6.98. The Morgan fingerprint density at radius 3 is 2.46 bits per heavy atom. The van der Waals surface area contributed by atoms with Crippen molar-refractivity contribution >= 4 is 22.6 Å². The molecule has 4 aromatic rings. The van der Waals surface area contributed by atoms with Gasteiger partial charge in [0, 0.05) is 24.9 Å². The largest absolute Gasteiger partial charge is 0.497 e. The molecular weight excluding hydrogens is 466 g/mol. The Morgan fingerprint density at radius 2 is 1.73 bits per heavy atom. The van der Waals surface area contributed by atoms with Crippen molar-refractivity contribution in [1.29, 1.82) is 0 Å². The number of anilines is 1. The quantitative estimate of drug-likeness (QED) is 0.292. The number of methoxy groups -OCH3 is 2. The van der Waals surface area contributed by atoms with E-state index in [9.17, 15) is 4.79 Å². The van der Waals surface area contributed by atoms with Crippen LogP contribution in [-0.2, 0) is 11.3 Å². The Kier molecular flexibility index (Phi) is 7.04. The molecule has 0 radical (unpaired) electrons. The lowest BCUT2D eigenvalue weighted by Gasteiger charge is -2.20. The van der Waals surface area contributed by atoms with Crippen molar-refractivity contribution in [3.8, 4) is 17.2 Å². The Morgan fingerprint density at radius 1 is 0.973 bits per heavy atom. The summed E-state index contributed by atoms with van der Waals surface area (Å²) in [5.41, 5.74) is 3.97. The van der Waals surface area contributed by atoms with E-state index in [4.69, 9.17) is 19.2 Å². The predicted molar refractivity (Wildman–Crippen MR) is 145 cm³/mol. The van der Waals surface area contributed by atoms with Gasteiger partial charge in [-0.2, -0.15) is 0 Å². The molecule has 1 aliphatic rings. The molecule has 1 fully saturated rings. The van der Waals surface area contributed by atoms with Crippen LogP contribution in [-0.4, -0.2) is 42.8 Å². The van der Waals surface area contributed by atoms with Gasteiger partial charge in [0.05, 0.1) is 37.5 Å². The summed E-state index contributed by atoms with van der Waals surface area (Å²) in [6.45, 7) is 6.02. The molecule has 0 saturated carbocycles. The van der Waals surface area contributed by atoms with Crippen LogP contribution in [0.4, 0.5) is 5.69 Å². The number of carbonyl (C=O) groups is 1. The molecule has 2 heterocycles. The summed E-state index contributed by atoms with van der Waals surface area (Å²) < 4.78 is 19.2. The first-order valence-corrected chi connectivity index (χ1v) is 12.7. The van der Waals surface area contributed by atoms with Gasteiger partial charge in [-0.15, -0.1) is 0 Å². The van der Waals surface area contributed by atoms with Crippen molar-refractivity contribution < 1.29 is 19.0 Å². The second-order valence-corrected chi connectivity index (χ2v) is 9.63. The van der Waals surface area contributed by atoms with Crippen LogP contribution in [0.5, 0.6) is 17.2 Å². The van der Waals surface area contributed by atoms with Crippen LogP contribution in [0.1, 0.15) is 43.5 Å². The number of fused-ring (bicyclic) bond motifs is 1. The number of ether oxygens (including phenoxy) is 3. The molecule has 0 bridgehead atoms. The fraction of sp³-hybridized carbons (Fsp3) is 0.333. The summed E-state index contributed by atoms with van der Waals surface area (Å²) in [6, 6.07) is 21.9. The highest BCUT2D eigenvalue weighted by Gasteiger charge is 2.36. The minimum absolute atomic E-state index is 0.0386. The molecule has 1 aromatic heterocycles. The first-order valence-electron chi connectivity index (χ1n) is 12.7. The normalized spacial score (nSPS) is 15.5. The van der Waals surface area contributed by atoms with Crippen LogP contribution in [0.3, 0.4) is 0 Å². The number of imidazole rings is 1. The third kappa shape index (κ3) is 4.99. The standard InChI is InChI=1S/C30H33N3O4/c1-20(2)21-9-11-23(12-10-21)37-16-15-32-26-8-6-5-7-25(26)31-30(32)22-17-29(34)33(19-22)27-18-24(35-3)13-14-28(27)36-4/h5-14,18,20,22H,15-17,19H2,1-4H3. The summed E-state index contributed by atoms with van der Waals surface area (Å²) in [5, 5.41) is 0. The molecule has 0 N–H and O–H groups in total. The molecule has 1 saturated heterocycles. The number of benzene rings is 3. The first-order chi connectivity index (χ1) is 18.0. The monoisotopic (exact) mass is 499 g/mol. The number of aromatic nitrogens is 2. The summed E-state index contributed by atoms with van der Waals surface area (Å²) in [5.74, 6) is 3.54. The van der Waals surface area contributed by atoms with Gasteiger partial charge >= 0.3 is 0 Å². The second-order valence-electron chi connectivity index (χ2n) is 9.63. The number of rotatable bonds is 9. The van der Waals surface area contributed by atoms with Crippen LogP contribution < -0.4 is 19.1 Å². The van der Waals surface area contributed by atoms with Crippen LogP contribution in [0.2, 0.25) is 0 Å². The van der Waals surface area contributed by atoms with Crippen LogP contribution in [0, 0.1) is 0 Å². The van der Waals surface area contributed by atoms with Crippen molar-refractivity contribution in [1.82, 2.24) is 9.55 Å². The smallest absolute Gasteiger partial charge is 0.227 e. The number of para-hydroxylation sites is 2. The van der Waals surface area contributed by atoms with Gasteiger partial charge in [0.15, 0.2) is 0 Å². The average Bonchev–Trinajstić information content (AvgIpc) is 3.49. The maximum atomic E-state index is 13.2. The van der Waals surface area contributed by atoms with E-state index in [1.54, 1.807) is 19.1 Å². The van der Waals surface area contributed by atoms with Gasteiger partial charge in [-0.3, -0.25) is 4.79 Å². The number of nitrogens with zero attached hydrogens (tertiary/aromatic N) is 3. The Labute approximate surface area is 217 Å². The lowest BCUT2D eigenvalue weighted by molar-refractivity contribution is -0.117. The molecule has 0 spiro atoms. The second kappa shape index (κ2) is 10.5. The zero-order valence-electron chi connectivity index (χ0n) is 21.8. The molecule has 1 atom stereocenters. The zero-order valence-corrected chi connectivity index (χ0v) is 21.8. The number of hydrogen-bond donors (Lipinski definition) is 0. The van der Waals surface area contributed by atoms with E-state index in [1.165, 1.54) is 5.56 Å². The molecule has 7 heteroatoms. The third-order valence-corrected chi connectivity index (χ3v) is 6.98. The first kappa shape index (κ1) is 24.7. The van der Waals surface area contributed by atoms with Crippen molar-refractivity contribution in [3.63, 3.8) is 0 Å². The van der Waals surface area contributed by atoms with Crippen LogP contribution in [0.25, 0.3) is 11.0 Å². The number of amides is 1. The van der Waals surface area contributed by atoms with Gasteiger partial charge in [-0.1, -0.05) is 38.1 Å². The fourth-order valence-electron chi connectivity index (χ4n) is 4.97. The van der Waals surface area contributed by atoms with E-state index in [0.717, 1.165) is 22.6 Å². The lowest BCUT2D eigenvalue weighted by Crippen LogP contribution is -2.25. The summed E-state index contributed by atoms with van der Waals surface area (Å²) >= 11 is 0. The molecule has 1 amide bonds. The minimum Gasteiger partial charge on any atom is -0.497 e. The summed E-state index contributed by atoms with van der Waals surface area (Å²) in [4.78, 5) is 19.9. The minimum atomic E-state index is -0.0545. The molecule has 3 aromatic carbocycles. The highest BCUT2D eigenvalue weighted by Crippen LogP contribution is 2.39. The van der Waals surface area contributed by atoms with E-state index in [1.807, 2.05) is 48.5 Å². The molecular formula is C30H33N3O4. The van der Waals surface area contributed by atoms with Crippen LogP contribution >= 0.6 is 0 Å². The van der Waals surface area contributed by atoms with Crippen molar-refractivity contribution in [3.05, 3.63) is 78.1 Å². The zero-order chi connectivity index (χ0) is 25.9. The Balaban J connectivity index is 1.39. The van der Waals surface area contributed by atoms with Gasteiger partial charge in [-0.05, 0) is 47.9 Å². The molecule has 1 unspecified atom stereocenters.